The number of hydrogen-bond acceptors (Lipinski definition) is 2. The lowest BCUT2D eigenvalue weighted by molar-refractivity contribution is 0.0957. The molecule has 4 heteroatoms. The van der Waals surface area contributed by atoms with Gasteiger partial charge in [-0.2, -0.15) is 0 Å². The van der Waals surface area contributed by atoms with Gasteiger partial charge in [0.15, 0.2) is 0 Å². The quantitative estimate of drug-likeness (QED) is 0.413. The summed E-state index contributed by atoms with van der Waals surface area (Å²) in [4.78, 5) is 13.0. The van der Waals surface area contributed by atoms with Crippen LogP contribution in [0.2, 0.25) is 5.02 Å². The van der Waals surface area contributed by atoms with Crippen LogP contribution in [0.25, 0.3) is 10.1 Å². The fourth-order valence-electron chi connectivity index (χ4n) is 3.04. The van der Waals surface area contributed by atoms with Gasteiger partial charge in [0.05, 0.1) is 5.02 Å². The maximum atomic E-state index is 12.4. The van der Waals surface area contributed by atoms with Crippen LogP contribution in [0.4, 0.5) is 0 Å². The average molecular weight is 380 g/mol. The summed E-state index contributed by atoms with van der Waals surface area (Å²) >= 11 is 7.87. The number of unbranched alkanes of at least 4 members (excludes halogenated alkanes) is 8. The molecule has 2 rings (SSSR count). The molecule has 0 unspecified atom stereocenters. The summed E-state index contributed by atoms with van der Waals surface area (Å²) in [6, 6.07) is 6.12. The molecule has 0 saturated carbocycles. The highest BCUT2D eigenvalue weighted by molar-refractivity contribution is 7.21. The highest BCUT2D eigenvalue weighted by Gasteiger charge is 2.16. The van der Waals surface area contributed by atoms with Gasteiger partial charge >= 0.3 is 0 Å². The number of rotatable bonds is 11. The van der Waals surface area contributed by atoms with E-state index in [1.54, 1.807) is 0 Å². The molecule has 138 valence electrons. The van der Waals surface area contributed by atoms with Gasteiger partial charge in [-0.15, -0.1) is 11.3 Å². The van der Waals surface area contributed by atoms with Crippen LogP contribution in [0, 0.1) is 6.92 Å². The summed E-state index contributed by atoms with van der Waals surface area (Å²) in [5, 5.41) is 4.59. The van der Waals surface area contributed by atoms with E-state index in [1.165, 1.54) is 68.3 Å². The first kappa shape index (κ1) is 20.3. The van der Waals surface area contributed by atoms with Crippen molar-refractivity contribution in [3.8, 4) is 0 Å². The molecular formula is C21H30ClNOS. The van der Waals surface area contributed by atoms with Crippen LogP contribution in [-0.4, -0.2) is 12.5 Å². The van der Waals surface area contributed by atoms with Gasteiger partial charge in [0, 0.05) is 16.6 Å². The predicted molar refractivity (Wildman–Crippen MR) is 111 cm³/mol. The van der Waals surface area contributed by atoms with E-state index in [0.717, 1.165) is 23.1 Å². The monoisotopic (exact) mass is 379 g/mol. The van der Waals surface area contributed by atoms with E-state index in [-0.39, 0.29) is 5.91 Å². The van der Waals surface area contributed by atoms with Gasteiger partial charge in [-0.1, -0.05) is 82.0 Å². The van der Waals surface area contributed by atoms with Crippen molar-refractivity contribution in [1.29, 1.82) is 0 Å². The SMILES string of the molecule is CCCCCCCCCCCNC(=O)c1sc2cc(C)ccc2c1Cl. The Morgan fingerprint density at radius 3 is 2.36 bits per heavy atom. The molecule has 0 aliphatic carbocycles. The Hall–Kier alpha value is -1.06. The van der Waals surface area contributed by atoms with E-state index in [4.69, 9.17) is 11.6 Å². The number of nitrogens with one attached hydrogen (secondary N) is 1. The van der Waals surface area contributed by atoms with Crippen molar-refractivity contribution in [3.63, 3.8) is 0 Å². The van der Waals surface area contributed by atoms with E-state index in [9.17, 15) is 4.79 Å². The minimum absolute atomic E-state index is 0.0385. The number of aryl methyl sites for hydroxylation is 1. The molecular weight excluding hydrogens is 350 g/mol. The third-order valence-electron chi connectivity index (χ3n) is 4.56. The smallest absolute Gasteiger partial charge is 0.262 e. The number of benzene rings is 1. The fourth-order valence-corrected chi connectivity index (χ4v) is 4.57. The summed E-state index contributed by atoms with van der Waals surface area (Å²) in [6.07, 6.45) is 11.6. The summed E-state index contributed by atoms with van der Waals surface area (Å²) < 4.78 is 1.08. The van der Waals surface area contributed by atoms with Gasteiger partial charge in [0.25, 0.3) is 5.91 Å². The zero-order chi connectivity index (χ0) is 18.1. The fraction of sp³-hybridized carbons (Fsp3) is 0.571. The van der Waals surface area contributed by atoms with Crippen molar-refractivity contribution in [1.82, 2.24) is 5.32 Å². The molecule has 1 aromatic carbocycles. The maximum Gasteiger partial charge on any atom is 0.262 e. The molecule has 0 atom stereocenters. The first-order chi connectivity index (χ1) is 12.1. The average Bonchev–Trinajstić information content (AvgIpc) is 2.92. The second-order valence-electron chi connectivity index (χ2n) is 6.83. The third kappa shape index (κ3) is 6.31. The molecule has 0 aliphatic rings. The number of thiophene rings is 1. The first-order valence-electron chi connectivity index (χ1n) is 9.60. The number of carbonyl (C=O) groups excluding carboxylic acids is 1. The summed E-state index contributed by atoms with van der Waals surface area (Å²) in [6.45, 7) is 5.04. The van der Waals surface area contributed by atoms with Crippen LogP contribution in [0.5, 0.6) is 0 Å². The molecule has 1 amide bonds. The molecule has 0 saturated heterocycles. The standard InChI is InChI=1S/C21H30ClNOS/c1-3-4-5-6-7-8-9-10-11-14-23-21(24)20-19(22)17-13-12-16(2)15-18(17)25-20/h12-13,15H,3-11,14H2,1-2H3,(H,23,24). The molecule has 0 spiro atoms. The van der Waals surface area contributed by atoms with Crippen LogP contribution in [-0.2, 0) is 0 Å². The van der Waals surface area contributed by atoms with Crippen molar-refractivity contribution < 1.29 is 4.79 Å². The maximum absolute atomic E-state index is 12.4. The highest BCUT2D eigenvalue weighted by atomic mass is 35.5. The molecule has 0 aliphatic heterocycles. The molecule has 0 fully saturated rings. The van der Waals surface area contributed by atoms with Crippen molar-refractivity contribution >= 4 is 38.9 Å². The molecule has 0 bridgehead atoms. The molecule has 0 radical (unpaired) electrons. The summed E-state index contributed by atoms with van der Waals surface area (Å²) in [5.41, 5.74) is 1.19. The van der Waals surface area contributed by atoms with E-state index >= 15 is 0 Å². The largest absolute Gasteiger partial charge is 0.351 e. The second kappa shape index (κ2) is 10.8. The lowest BCUT2D eigenvalue weighted by atomic mass is 10.1. The number of fused-ring (bicyclic) bond motifs is 1. The topological polar surface area (TPSA) is 29.1 Å². The van der Waals surface area contributed by atoms with Crippen LogP contribution in [0.3, 0.4) is 0 Å². The van der Waals surface area contributed by atoms with Gasteiger partial charge in [0.2, 0.25) is 0 Å². The van der Waals surface area contributed by atoms with E-state index in [0.29, 0.717) is 9.90 Å². The lowest BCUT2D eigenvalue weighted by Crippen LogP contribution is -2.23. The first-order valence-corrected chi connectivity index (χ1v) is 10.8. The minimum atomic E-state index is -0.0385. The lowest BCUT2D eigenvalue weighted by Gasteiger charge is -2.04. The third-order valence-corrected chi connectivity index (χ3v) is 6.21. The van der Waals surface area contributed by atoms with Crippen molar-refractivity contribution in [2.24, 2.45) is 0 Å². The van der Waals surface area contributed by atoms with E-state index in [1.807, 2.05) is 12.1 Å². The van der Waals surface area contributed by atoms with Crippen molar-refractivity contribution in [3.05, 3.63) is 33.7 Å². The number of carbonyl (C=O) groups is 1. The Morgan fingerprint density at radius 1 is 1.04 bits per heavy atom. The van der Waals surface area contributed by atoms with E-state index in [2.05, 4.69) is 25.2 Å². The van der Waals surface area contributed by atoms with Gasteiger partial charge in [-0.05, 0) is 25.0 Å². The minimum Gasteiger partial charge on any atom is -0.351 e. The van der Waals surface area contributed by atoms with Crippen LogP contribution in [0.15, 0.2) is 18.2 Å². The molecule has 2 aromatic rings. The normalized spacial score (nSPS) is 11.2. The Kier molecular flexibility index (Phi) is 8.77. The van der Waals surface area contributed by atoms with Gasteiger partial charge in [-0.3, -0.25) is 4.79 Å². The number of hydrogen-bond donors (Lipinski definition) is 1. The molecule has 1 heterocycles. The summed E-state index contributed by atoms with van der Waals surface area (Å²) in [7, 11) is 0. The Bertz CT molecular complexity index is 680. The predicted octanol–water partition coefficient (Wildman–Crippen LogP) is 7.12. The number of halogens is 1. The Labute approximate surface area is 161 Å². The molecule has 1 aromatic heterocycles. The highest BCUT2D eigenvalue weighted by Crippen LogP contribution is 2.35. The van der Waals surface area contributed by atoms with Crippen LogP contribution >= 0.6 is 22.9 Å². The van der Waals surface area contributed by atoms with Gasteiger partial charge in [-0.25, -0.2) is 0 Å². The summed E-state index contributed by atoms with van der Waals surface area (Å²) in [5.74, 6) is -0.0385. The number of amides is 1. The second-order valence-corrected chi connectivity index (χ2v) is 8.26. The molecule has 1 N–H and O–H groups in total. The van der Waals surface area contributed by atoms with Crippen molar-refractivity contribution in [2.75, 3.05) is 6.54 Å². The van der Waals surface area contributed by atoms with Crippen LogP contribution < -0.4 is 5.32 Å². The van der Waals surface area contributed by atoms with E-state index < -0.39 is 0 Å². The molecule has 2 nitrogen and oxygen atoms in total. The molecule has 25 heavy (non-hydrogen) atoms. The van der Waals surface area contributed by atoms with Crippen molar-refractivity contribution in [2.45, 2.75) is 71.6 Å². The van der Waals surface area contributed by atoms with Gasteiger partial charge in [0.1, 0.15) is 4.88 Å². The van der Waals surface area contributed by atoms with Gasteiger partial charge < -0.3 is 5.32 Å². The zero-order valence-electron chi connectivity index (χ0n) is 15.5. The van der Waals surface area contributed by atoms with Crippen LogP contribution in [0.1, 0.15) is 79.9 Å². The Balaban J connectivity index is 1.67. The zero-order valence-corrected chi connectivity index (χ0v) is 17.1. The Morgan fingerprint density at radius 2 is 1.68 bits per heavy atom.